The van der Waals surface area contributed by atoms with E-state index in [2.05, 4.69) is 9.47 Å². The van der Waals surface area contributed by atoms with Gasteiger partial charge in [-0.05, 0) is 33.1 Å². The Balaban J connectivity index is 3.09. The normalized spacial score (nSPS) is 11.8. The Hall–Kier alpha value is -1.44. The van der Waals surface area contributed by atoms with Crippen LogP contribution in [-0.4, -0.2) is 26.3 Å². The largest absolute Gasteiger partial charge is 0.613 e. The Morgan fingerprint density at radius 3 is 2.40 bits per heavy atom. The molecule has 0 N–H and O–H groups in total. The van der Waals surface area contributed by atoms with Crippen LogP contribution in [0.25, 0.3) is 0 Å². The first-order valence-corrected chi connectivity index (χ1v) is 8.09. The highest BCUT2D eigenvalue weighted by atomic mass is 127. The Labute approximate surface area is 128 Å². The van der Waals surface area contributed by atoms with Crippen molar-refractivity contribution < 1.29 is 45.3 Å². The van der Waals surface area contributed by atoms with Gasteiger partial charge in [0.1, 0.15) is 5.95 Å². The predicted octanol–water partition coefficient (Wildman–Crippen LogP) is -1.92. The molecule has 1 rings (SSSR count). The first kappa shape index (κ1) is 16.6. The molecule has 0 bridgehead atoms. The van der Waals surface area contributed by atoms with Crippen LogP contribution in [0.5, 0.6) is 5.75 Å². The van der Waals surface area contributed by atoms with Crippen molar-refractivity contribution in [1.29, 1.82) is 0 Å². The van der Waals surface area contributed by atoms with Crippen LogP contribution in [0.15, 0.2) is 33.8 Å². The van der Waals surface area contributed by atoms with Crippen molar-refractivity contribution in [3.8, 4) is 5.75 Å². The van der Waals surface area contributed by atoms with Crippen molar-refractivity contribution in [3.63, 3.8) is 0 Å². The minimum absolute atomic E-state index is 0.0138. The molecule has 1 aromatic rings. The summed E-state index contributed by atoms with van der Waals surface area (Å²) in [6, 6.07) is 7.35. The second kappa shape index (κ2) is 7.98. The molecule has 0 fully saturated rings. The fourth-order valence-electron chi connectivity index (χ4n) is 1.31. The second-order valence-electron chi connectivity index (χ2n) is 3.99. The third kappa shape index (κ3) is 4.59. The van der Waals surface area contributed by atoms with Gasteiger partial charge in [0.05, 0.1) is 13.2 Å². The number of para-hydroxylation sites is 1. The summed E-state index contributed by atoms with van der Waals surface area (Å²) in [5, 5.41) is 11.7. The molecule has 0 saturated heterocycles. The van der Waals surface area contributed by atoms with E-state index in [0.717, 1.165) is 3.57 Å². The second-order valence-corrected chi connectivity index (χ2v) is 6.77. The number of esters is 1. The molecule has 0 aliphatic heterocycles. The van der Waals surface area contributed by atoms with E-state index >= 15 is 0 Å². The van der Waals surface area contributed by atoms with Gasteiger partial charge in [-0.15, -0.1) is 0 Å². The lowest BCUT2D eigenvalue weighted by Crippen LogP contribution is -3.61. The van der Waals surface area contributed by atoms with Crippen molar-refractivity contribution in [2.24, 2.45) is 0 Å². The van der Waals surface area contributed by atoms with Crippen molar-refractivity contribution in [2.45, 2.75) is 20.0 Å². The SMILES string of the molecule is COC(=O)/C([I+]c1ccccc1OC(C)C)=C(\[O-])OC. The highest BCUT2D eigenvalue weighted by Gasteiger charge is 2.32. The molecule has 0 heterocycles. The van der Waals surface area contributed by atoms with Crippen LogP contribution in [0.4, 0.5) is 0 Å². The molecule has 6 heteroatoms. The third-order valence-electron chi connectivity index (χ3n) is 2.12. The van der Waals surface area contributed by atoms with Crippen molar-refractivity contribution in [2.75, 3.05) is 14.2 Å². The lowest BCUT2D eigenvalue weighted by atomic mass is 10.3. The van der Waals surface area contributed by atoms with Crippen molar-refractivity contribution in [1.82, 2.24) is 0 Å². The quantitative estimate of drug-likeness (QED) is 0.245. The number of hydrogen-bond donors (Lipinski definition) is 0. The molecular weight excluding hydrogens is 375 g/mol. The smallest absolute Gasteiger partial charge is 0.387 e. The molecule has 0 aliphatic rings. The molecule has 0 saturated carbocycles. The van der Waals surface area contributed by atoms with Gasteiger partial charge in [-0.25, -0.2) is 4.79 Å². The maximum atomic E-state index is 11.7. The Kier molecular flexibility index (Phi) is 6.63. The summed E-state index contributed by atoms with van der Waals surface area (Å²) in [6.07, 6.45) is 0.0138. The molecule has 1 aromatic carbocycles. The van der Waals surface area contributed by atoms with E-state index in [1.165, 1.54) is 14.2 Å². The van der Waals surface area contributed by atoms with E-state index in [-0.39, 0.29) is 9.68 Å². The predicted molar refractivity (Wildman–Crippen MR) is 67.0 cm³/mol. The maximum Gasteiger partial charge on any atom is 0.387 e. The molecule has 5 nitrogen and oxygen atoms in total. The number of hydrogen-bond acceptors (Lipinski definition) is 5. The molecule has 0 atom stereocenters. The first-order chi connectivity index (χ1) is 9.49. The lowest BCUT2D eigenvalue weighted by Gasteiger charge is -2.10. The molecule has 0 radical (unpaired) electrons. The van der Waals surface area contributed by atoms with Gasteiger partial charge < -0.3 is 19.3 Å². The van der Waals surface area contributed by atoms with Gasteiger partial charge >= 0.3 is 27.2 Å². The van der Waals surface area contributed by atoms with Crippen LogP contribution >= 0.6 is 0 Å². The fraction of sp³-hybridized carbons (Fsp3) is 0.357. The van der Waals surface area contributed by atoms with Crippen molar-refractivity contribution in [3.05, 3.63) is 37.4 Å². The van der Waals surface area contributed by atoms with E-state index in [9.17, 15) is 9.90 Å². The molecule has 110 valence electrons. The van der Waals surface area contributed by atoms with Crippen molar-refractivity contribution >= 4 is 5.97 Å². The topological polar surface area (TPSA) is 67.8 Å². The van der Waals surface area contributed by atoms with E-state index < -0.39 is 33.1 Å². The molecular formula is C14H17IO5. The number of ether oxygens (including phenoxy) is 3. The number of methoxy groups -OCH3 is 2. The van der Waals surface area contributed by atoms with Gasteiger partial charge in [0, 0.05) is 0 Å². The minimum Gasteiger partial charge on any atom is -0.613 e. The standard InChI is InChI=1S/C14H17IO5/c1-9(2)20-11-8-6-5-7-10(11)15-12(13(16)18-3)14(17)19-4/h5-9H,1-4H3. The van der Waals surface area contributed by atoms with Gasteiger partial charge in [-0.1, -0.05) is 12.1 Å². The van der Waals surface area contributed by atoms with Gasteiger partial charge in [0.25, 0.3) is 3.58 Å². The molecule has 0 spiro atoms. The fourth-order valence-corrected chi connectivity index (χ4v) is 3.74. The minimum atomic E-state index is -1.04. The van der Waals surface area contributed by atoms with Gasteiger partial charge in [-0.3, -0.25) is 0 Å². The number of rotatable bonds is 6. The summed E-state index contributed by atoms with van der Waals surface area (Å²) < 4.78 is 15.8. The summed E-state index contributed by atoms with van der Waals surface area (Å²) >= 11 is -1.04. The van der Waals surface area contributed by atoms with Crippen LogP contribution < -0.4 is 31.0 Å². The Bertz CT molecular complexity index is 496. The van der Waals surface area contributed by atoms with Gasteiger partial charge in [0.15, 0.2) is 5.75 Å². The summed E-state index contributed by atoms with van der Waals surface area (Å²) in [5.74, 6) is -0.617. The number of benzene rings is 1. The monoisotopic (exact) mass is 392 g/mol. The van der Waals surface area contributed by atoms with E-state index in [0.29, 0.717) is 5.75 Å². The average molecular weight is 392 g/mol. The number of carbonyl (C=O) groups is 1. The first-order valence-electron chi connectivity index (χ1n) is 5.93. The third-order valence-corrected chi connectivity index (χ3v) is 5.02. The van der Waals surface area contributed by atoms with E-state index in [1.807, 2.05) is 38.1 Å². The van der Waals surface area contributed by atoms with E-state index in [1.54, 1.807) is 0 Å². The van der Waals surface area contributed by atoms with Crippen LogP contribution in [-0.2, 0) is 14.3 Å². The molecule has 20 heavy (non-hydrogen) atoms. The van der Waals surface area contributed by atoms with Crippen LogP contribution in [0.1, 0.15) is 13.8 Å². The zero-order valence-corrected chi connectivity index (χ0v) is 14.0. The van der Waals surface area contributed by atoms with Gasteiger partial charge in [0.2, 0.25) is 3.57 Å². The zero-order chi connectivity index (χ0) is 15.1. The number of halogens is 1. The maximum absolute atomic E-state index is 11.7. The summed E-state index contributed by atoms with van der Waals surface area (Å²) in [5.41, 5.74) is 0. The van der Waals surface area contributed by atoms with Crippen LogP contribution in [0.3, 0.4) is 0 Å². The number of carbonyl (C=O) groups excluding carboxylic acids is 1. The lowest BCUT2D eigenvalue weighted by molar-refractivity contribution is -0.583. The summed E-state index contributed by atoms with van der Waals surface area (Å²) in [4.78, 5) is 11.7. The zero-order valence-electron chi connectivity index (χ0n) is 11.8. The molecule has 0 amide bonds. The molecule has 0 aromatic heterocycles. The Morgan fingerprint density at radius 1 is 1.20 bits per heavy atom. The van der Waals surface area contributed by atoms with Crippen LogP contribution in [0.2, 0.25) is 0 Å². The highest BCUT2D eigenvalue weighted by molar-refractivity contribution is 5.85. The summed E-state index contributed by atoms with van der Waals surface area (Å²) in [7, 11) is 2.48. The summed E-state index contributed by atoms with van der Waals surface area (Å²) in [6.45, 7) is 3.83. The van der Waals surface area contributed by atoms with Gasteiger partial charge in [-0.2, -0.15) is 0 Å². The van der Waals surface area contributed by atoms with E-state index in [4.69, 9.17) is 4.74 Å². The average Bonchev–Trinajstić information content (AvgIpc) is 2.44. The Morgan fingerprint density at radius 2 is 1.85 bits per heavy atom. The molecule has 0 unspecified atom stereocenters. The molecule has 0 aliphatic carbocycles. The highest BCUT2D eigenvalue weighted by Crippen LogP contribution is 2.11. The van der Waals surface area contributed by atoms with Crippen LogP contribution in [0, 0.1) is 3.57 Å².